The first-order chi connectivity index (χ1) is 10.2. The molecule has 1 aromatic rings. The van der Waals surface area contributed by atoms with Crippen LogP contribution in [0, 0.1) is 5.41 Å². The number of nitrogens with two attached hydrogens (primary N) is 1. The summed E-state index contributed by atoms with van der Waals surface area (Å²) in [5.74, 6) is 0.0717. The van der Waals surface area contributed by atoms with Gasteiger partial charge in [0.15, 0.2) is 0 Å². The highest BCUT2D eigenvalue weighted by atomic mass is 16.3. The lowest BCUT2D eigenvalue weighted by molar-refractivity contribution is -0.121. The van der Waals surface area contributed by atoms with Crippen LogP contribution in [0.25, 0.3) is 0 Å². The third-order valence-corrected chi connectivity index (χ3v) is 4.64. The van der Waals surface area contributed by atoms with Gasteiger partial charge in [-0.3, -0.25) is 4.79 Å². The number of para-hydroxylation sites is 1. The third kappa shape index (κ3) is 4.46. The molecular formula is C17H26N2O2. The highest BCUT2D eigenvalue weighted by Gasteiger charge is 2.33. The highest BCUT2D eigenvalue weighted by Crippen LogP contribution is 2.40. The number of anilines is 1. The van der Waals surface area contributed by atoms with E-state index in [1.807, 2.05) is 24.3 Å². The minimum Gasteiger partial charge on any atom is -0.399 e. The predicted molar refractivity (Wildman–Crippen MR) is 84.8 cm³/mol. The average molecular weight is 290 g/mol. The van der Waals surface area contributed by atoms with Crippen molar-refractivity contribution < 1.29 is 9.90 Å². The lowest BCUT2D eigenvalue weighted by Crippen LogP contribution is -2.36. The zero-order chi connectivity index (χ0) is 15.1. The Morgan fingerprint density at radius 3 is 2.67 bits per heavy atom. The first-order valence-corrected chi connectivity index (χ1v) is 7.86. The lowest BCUT2D eigenvalue weighted by atomic mass is 9.83. The van der Waals surface area contributed by atoms with E-state index < -0.39 is 0 Å². The fraction of sp³-hybridized carbons (Fsp3) is 0.588. The number of rotatable bonds is 7. The van der Waals surface area contributed by atoms with Crippen LogP contribution >= 0.6 is 0 Å². The van der Waals surface area contributed by atoms with Crippen molar-refractivity contribution in [2.24, 2.45) is 5.41 Å². The number of nitrogen functional groups attached to an aromatic ring is 1. The molecule has 0 unspecified atom stereocenters. The SMILES string of the molecule is Nc1ccccc1CCC(=O)NCC1(CCO)CCCC1. The largest absolute Gasteiger partial charge is 0.399 e. The summed E-state index contributed by atoms with van der Waals surface area (Å²) in [4.78, 5) is 12.0. The molecule has 1 amide bonds. The standard InChI is InChI=1S/C17H26N2O2/c18-15-6-2-1-5-14(15)7-8-16(21)19-13-17(11-12-20)9-3-4-10-17/h1-2,5-6,20H,3-4,7-13,18H2,(H,19,21). The lowest BCUT2D eigenvalue weighted by Gasteiger charge is -2.28. The number of benzene rings is 1. The highest BCUT2D eigenvalue weighted by molar-refractivity contribution is 5.76. The maximum atomic E-state index is 12.0. The molecule has 0 bridgehead atoms. The van der Waals surface area contributed by atoms with Crippen LogP contribution in [-0.4, -0.2) is 24.2 Å². The molecule has 1 aliphatic rings. The van der Waals surface area contributed by atoms with Crippen molar-refractivity contribution in [2.45, 2.75) is 44.9 Å². The van der Waals surface area contributed by atoms with Gasteiger partial charge in [-0.25, -0.2) is 0 Å². The Bertz CT molecular complexity index is 468. The van der Waals surface area contributed by atoms with Crippen molar-refractivity contribution in [1.82, 2.24) is 5.32 Å². The quantitative estimate of drug-likeness (QED) is 0.674. The molecule has 21 heavy (non-hydrogen) atoms. The number of hydrogen-bond donors (Lipinski definition) is 3. The van der Waals surface area contributed by atoms with Gasteiger partial charge >= 0.3 is 0 Å². The smallest absolute Gasteiger partial charge is 0.220 e. The maximum absolute atomic E-state index is 12.0. The normalized spacial score (nSPS) is 16.8. The van der Waals surface area contributed by atoms with Crippen LogP contribution < -0.4 is 11.1 Å². The number of aliphatic hydroxyl groups excluding tert-OH is 1. The summed E-state index contributed by atoms with van der Waals surface area (Å²) in [7, 11) is 0. The van der Waals surface area contributed by atoms with E-state index in [4.69, 9.17) is 5.73 Å². The Labute approximate surface area is 126 Å². The van der Waals surface area contributed by atoms with Gasteiger partial charge in [0.05, 0.1) is 0 Å². The number of amides is 1. The van der Waals surface area contributed by atoms with Gasteiger partial charge in [-0.2, -0.15) is 0 Å². The second-order valence-electron chi connectivity index (χ2n) is 6.16. The minimum absolute atomic E-state index is 0.0717. The zero-order valence-corrected chi connectivity index (χ0v) is 12.6. The Balaban J connectivity index is 1.78. The van der Waals surface area contributed by atoms with Crippen molar-refractivity contribution >= 4 is 11.6 Å². The number of nitrogens with one attached hydrogen (secondary N) is 1. The first kappa shape index (κ1) is 15.8. The van der Waals surface area contributed by atoms with Gasteiger partial charge in [0.2, 0.25) is 5.91 Å². The number of aliphatic hydroxyl groups is 1. The molecule has 116 valence electrons. The molecule has 1 aliphatic carbocycles. The maximum Gasteiger partial charge on any atom is 0.220 e. The fourth-order valence-electron chi connectivity index (χ4n) is 3.26. The molecule has 4 N–H and O–H groups in total. The van der Waals surface area contributed by atoms with E-state index >= 15 is 0 Å². The van der Waals surface area contributed by atoms with E-state index in [2.05, 4.69) is 5.32 Å². The number of aryl methyl sites for hydroxylation is 1. The molecule has 1 fully saturated rings. The summed E-state index contributed by atoms with van der Waals surface area (Å²) >= 11 is 0. The average Bonchev–Trinajstić information content (AvgIpc) is 2.94. The van der Waals surface area contributed by atoms with Crippen LogP contribution in [0.3, 0.4) is 0 Å². The van der Waals surface area contributed by atoms with Gasteiger partial charge in [-0.15, -0.1) is 0 Å². The summed E-state index contributed by atoms with van der Waals surface area (Å²) in [5.41, 5.74) is 7.78. The molecule has 0 aromatic heterocycles. The minimum atomic E-state index is 0.0717. The van der Waals surface area contributed by atoms with Crippen molar-refractivity contribution in [1.29, 1.82) is 0 Å². The zero-order valence-electron chi connectivity index (χ0n) is 12.6. The van der Waals surface area contributed by atoms with Crippen molar-refractivity contribution in [3.05, 3.63) is 29.8 Å². The van der Waals surface area contributed by atoms with Crippen LogP contribution in [0.15, 0.2) is 24.3 Å². The van der Waals surface area contributed by atoms with Crippen LogP contribution in [-0.2, 0) is 11.2 Å². The molecule has 0 radical (unpaired) electrons. The first-order valence-electron chi connectivity index (χ1n) is 7.86. The molecule has 0 atom stereocenters. The molecule has 0 heterocycles. The van der Waals surface area contributed by atoms with Gasteiger partial charge < -0.3 is 16.2 Å². The molecular weight excluding hydrogens is 264 g/mol. The van der Waals surface area contributed by atoms with Crippen LogP contribution in [0.5, 0.6) is 0 Å². The monoisotopic (exact) mass is 290 g/mol. The van der Waals surface area contributed by atoms with Crippen molar-refractivity contribution in [2.75, 3.05) is 18.9 Å². The summed E-state index contributed by atoms with van der Waals surface area (Å²) in [6.07, 6.45) is 6.56. The molecule has 1 saturated carbocycles. The Kier molecular flexibility index (Phi) is 5.62. The van der Waals surface area contributed by atoms with Gasteiger partial charge in [0.1, 0.15) is 0 Å². The molecule has 4 heteroatoms. The van der Waals surface area contributed by atoms with Crippen LogP contribution in [0.2, 0.25) is 0 Å². The molecule has 4 nitrogen and oxygen atoms in total. The van der Waals surface area contributed by atoms with E-state index in [1.165, 1.54) is 12.8 Å². The van der Waals surface area contributed by atoms with E-state index in [0.717, 1.165) is 30.5 Å². The number of carbonyl (C=O) groups is 1. The van der Waals surface area contributed by atoms with E-state index in [-0.39, 0.29) is 17.9 Å². The van der Waals surface area contributed by atoms with Crippen LogP contribution in [0.1, 0.15) is 44.1 Å². The second kappa shape index (κ2) is 7.46. The topological polar surface area (TPSA) is 75.4 Å². The van der Waals surface area contributed by atoms with Crippen LogP contribution in [0.4, 0.5) is 5.69 Å². The Morgan fingerprint density at radius 2 is 2.00 bits per heavy atom. The Hall–Kier alpha value is -1.55. The van der Waals surface area contributed by atoms with Gasteiger partial charge in [-0.05, 0) is 42.7 Å². The Morgan fingerprint density at radius 1 is 1.29 bits per heavy atom. The molecule has 0 saturated heterocycles. The second-order valence-corrected chi connectivity index (χ2v) is 6.16. The van der Waals surface area contributed by atoms with E-state index in [1.54, 1.807) is 0 Å². The number of carbonyl (C=O) groups excluding carboxylic acids is 1. The molecule has 0 spiro atoms. The molecule has 2 rings (SSSR count). The molecule has 0 aliphatic heterocycles. The molecule has 1 aromatic carbocycles. The van der Waals surface area contributed by atoms with E-state index in [9.17, 15) is 9.90 Å². The van der Waals surface area contributed by atoms with Gasteiger partial charge in [0, 0.05) is 25.3 Å². The fourth-order valence-corrected chi connectivity index (χ4v) is 3.26. The van der Waals surface area contributed by atoms with Crippen molar-refractivity contribution in [3.63, 3.8) is 0 Å². The summed E-state index contributed by atoms with van der Waals surface area (Å²) < 4.78 is 0. The summed E-state index contributed by atoms with van der Waals surface area (Å²) in [5, 5.41) is 12.3. The summed E-state index contributed by atoms with van der Waals surface area (Å²) in [6.45, 7) is 0.896. The van der Waals surface area contributed by atoms with Gasteiger partial charge in [-0.1, -0.05) is 31.0 Å². The number of hydrogen-bond acceptors (Lipinski definition) is 3. The third-order valence-electron chi connectivity index (χ3n) is 4.64. The summed E-state index contributed by atoms with van der Waals surface area (Å²) in [6, 6.07) is 7.67. The predicted octanol–water partition coefficient (Wildman–Crippen LogP) is 2.26. The van der Waals surface area contributed by atoms with Gasteiger partial charge in [0.25, 0.3) is 0 Å². The van der Waals surface area contributed by atoms with E-state index in [0.29, 0.717) is 19.4 Å². The van der Waals surface area contributed by atoms with Crippen molar-refractivity contribution in [3.8, 4) is 0 Å².